The number of nitrogens with zero attached hydrogens (tertiary/aromatic N) is 2. The van der Waals surface area contributed by atoms with E-state index in [1.807, 2.05) is 35.8 Å². The van der Waals surface area contributed by atoms with E-state index in [0.717, 1.165) is 21.3 Å². The highest BCUT2D eigenvalue weighted by Gasteiger charge is 2.20. The van der Waals surface area contributed by atoms with Crippen LogP contribution in [0.5, 0.6) is 0 Å². The van der Waals surface area contributed by atoms with E-state index in [1.165, 1.54) is 6.26 Å². The number of aromatic nitrogens is 2. The summed E-state index contributed by atoms with van der Waals surface area (Å²) in [5.41, 5.74) is 1.89. The molecule has 1 amide bonds. The number of fused-ring (bicyclic) bond motifs is 1. The number of para-hydroxylation sites is 2. The van der Waals surface area contributed by atoms with Gasteiger partial charge in [-0.25, -0.2) is 4.98 Å². The molecule has 5 nitrogen and oxygen atoms in total. The van der Waals surface area contributed by atoms with Crippen molar-refractivity contribution in [3.8, 4) is 0 Å². The van der Waals surface area contributed by atoms with E-state index < -0.39 is 0 Å². The average molecular weight is 374 g/mol. The molecule has 3 aromatic rings. The number of amides is 1. The largest absolute Gasteiger partial charge is 0.459 e. The number of carbonyl (C=O) groups excluding carboxylic acids is 1. The zero-order valence-corrected chi connectivity index (χ0v) is 14.2. The SMILES string of the molecule is C=C(Br)Cn1c(C(C)NC(=O)c2ccco2)nc2ccccc21. The van der Waals surface area contributed by atoms with Crippen LogP contribution < -0.4 is 5.32 Å². The zero-order valence-electron chi connectivity index (χ0n) is 12.6. The molecule has 0 spiro atoms. The topological polar surface area (TPSA) is 60.1 Å². The molecule has 1 atom stereocenters. The maximum atomic E-state index is 12.2. The summed E-state index contributed by atoms with van der Waals surface area (Å²) in [5, 5.41) is 2.91. The van der Waals surface area contributed by atoms with Crippen LogP contribution >= 0.6 is 15.9 Å². The highest BCUT2D eigenvalue weighted by atomic mass is 79.9. The second-order valence-corrected chi connectivity index (χ2v) is 6.36. The van der Waals surface area contributed by atoms with Gasteiger partial charge in [0.1, 0.15) is 5.82 Å². The summed E-state index contributed by atoms with van der Waals surface area (Å²) >= 11 is 3.40. The minimum atomic E-state index is -0.271. The average Bonchev–Trinajstić information content (AvgIpc) is 3.15. The molecule has 0 saturated carbocycles. The number of hydrogen-bond donors (Lipinski definition) is 1. The number of rotatable bonds is 5. The first-order chi connectivity index (χ1) is 11.1. The van der Waals surface area contributed by atoms with Crippen LogP contribution in [0.1, 0.15) is 29.3 Å². The zero-order chi connectivity index (χ0) is 16.4. The van der Waals surface area contributed by atoms with Crippen LogP contribution in [0.15, 0.2) is 58.1 Å². The van der Waals surface area contributed by atoms with E-state index in [0.29, 0.717) is 6.54 Å². The molecule has 2 heterocycles. The molecular formula is C17H16BrN3O2. The van der Waals surface area contributed by atoms with Crippen molar-refractivity contribution in [2.75, 3.05) is 0 Å². The standard InChI is InChI=1S/C17H16BrN3O2/c1-11(18)10-21-14-7-4-3-6-13(14)20-16(21)12(2)19-17(22)15-8-5-9-23-15/h3-9,12H,1,10H2,2H3,(H,19,22). The molecule has 0 fully saturated rings. The Hall–Kier alpha value is -2.34. The Balaban J connectivity index is 1.94. The van der Waals surface area contributed by atoms with Gasteiger partial charge < -0.3 is 14.3 Å². The molecule has 0 bridgehead atoms. The fourth-order valence-electron chi connectivity index (χ4n) is 2.50. The molecule has 23 heavy (non-hydrogen) atoms. The molecular weight excluding hydrogens is 358 g/mol. The van der Waals surface area contributed by atoms with Crippen LogP contribution in [-0.4, -0.2) is 15.5 Å². The van der Waals surface area contributed by atoms with Gasteiger partial charge in [-0.3, -0.25) is 4.79 Å². The lowest BCUT2D eigenvalue weighted by atomic mass is 10.3. The summed E-state index contributed by atoms with van der Waals surface area (Å²) in [6.45, 7) is 6.38. The Morgan fingerprint density at radius 1 is 1.39 bits per heavy atom. The molecule has 1 aromatic carbocycles. The third-order valence-corrected chi connectivity index (χ3v) is 3.74. The molecule has 6 heteroatoms. The number of imidazole rings is 1. The van der Waals surface area contributed by atoms with Gasteiger partial charge in [0.25, 0.3) is 5.91 Å². The van der Waals surface area contributed by atoms with Gasteiger partial charge in [-0.2, -0.15) is 0 Å². The molecule has 0 aliphatic carbocycles. The maximum Gasteiger partial charge on any atom is 0.287 e. The summed E-state index contributed by atoms with van der Waals surface area (Å²) in [7, 11) is 0. The number of allylic oxidation sites excluding steroid dienone is 1. The van der Waals surface area contributed by atoms with E-state index in [4.69, 9.17) is 4.42 Å². The highest BCUT2D eigenvalue weighted by molar-refractivity contribution is 9.11. The first-order valence-electron chi connectivity index (χ1n) is 7.19. The maximum absolute atomic E-state index is 12.2. The van der Waals surface area contributed by atoms with Crippen molar-refractivity contribution in [3.63, 3.8) is 0 Å². The van der Waals surface area contributed by atoms with Gasteiger partial charge >= 0.3 is 0 Å². The van der Waals surface area contributed by atoms with Gasteiger partial charge in [0.2, 0.25) is 0 Å². The number of carbonyl (C=O) groups is 1. The molecule has 3 rings (SSSR count). The summed E-state index contributed by atoms with van der Waals surface area (Å²) in [5.74, 6) is 0.787. The summed E-state index contributed by atoms with van der Waals surface area (Å²) in [6, 6.07) is 10.9. The molecule has 0 saturated heterocycles. The van der Waals surface area contributed by atoms with Crippen molar-refractivity contribution in [2.24, 2.45) is 0 Å². The first-order valence-corrected chi connectivity index (χ1v) is 7.98. The number of halogens is 1. The van der Waals surface area contributed by atoms with Crippen LogP contribution in [0.4, 0.5) is 0 Å². The Morgan fingerprint density at radius 2 is 2.17 bits per heavy atom. The fraction of sp³-hybridized carbons (Fsp3) is 0.176. The van der Waals surface area contributed by atoms with Crippen LogP contribution in [0.25, 0.3) is 11.0 Å². The number of nitrogens with one attached hydrogen (secondary N) is 1. The number of furan rings is 1. The van der Waals surface area contributed by atoms with Crippen LogP contribution in [0.3, 0.4) is 0 Å². The van der Waals surface area contributed by atoms with E-state index in [1.54, 1.807) is 12.1 Å². The van der Waals surface area contributed by atoms with E-state index >= 15 is 0 Å². The third-order valence-electron chi connectivity index (χ3n) is 3.49. The van der Waals surface area contributed by atoms with Gasteiger partial charge in [0.15, 0.2) is 5.76 Å². The lowest BCUT2D eigenvalue weighted by molar-refractivity contribution is 0.0909. The Morgan fingerprint density at radius 3 is 2.87 bits per heavy atom. The second-order valence-electron chi connectivity index (χ2n) is 5.23. The van der Waals surface area contributed by atoms with Crippen LogP contribution in [-0.2, 0) is 6.54 Å². The van der Waals surface area contributed by atoms with Gasteiger partial charge in [-0.15, -0.1) is 0 Å². The molecule has 1 unspecified atom stereocenters. The molecule has 0 aliphatic heterocycles. The lowest BCUT2D eigenvalue weighted by Crippen LogP contribution is -2.28. The summed E-state index contributed by atoms with van der Waals surface area (Å²) < 4.78 is 8.01. The predicted octanol–water partition coefficient (Wildman–Crippen LogP) is 4.03. The Bertz CT molecular complexity index is 852. The van der Waals surface area contributed by atoms with Crippen LogP contribution in [0.2, 0.25) is 0 Å². The van der Waals surface area contributed by atoms with Crippen molar-refractivity contribution in [2.45, 2.75) is 19.5 Å². The van der Waals surface area contributed by atoms with Gasteiger partial charge in [0.05, 0.1) is 29.9 Å². The summed E-state index contributed by atoms with van der Waals surface area (Å²) in [6.07, 6.45) is 1.48. The monoisotopic (exact) mass is 373 g/mol. The summed E-state index contributed by atoms with van der Waals surface area (Å²) in [4.78, 5) is 16.8. The molecule has 0 aliphatic rings. The van der Waals surface area contributed by atoms with E-state index in [2.05, 4.69) is 32.8 Å². The Kier molecular flexibility index (Phi) is 4.34. The van der Waals surface area contributed by atoms with Crippen molar-refractivity contribution in [1.29, 1.82) is 0 Å². The van der Waals surface area contributed by atoms with E-state index in [-0.39, 0.29) is 17.7 Å². The molecule has 2 aromatic heterocycles. The van der Waals surface area contributed by atoms with E-state index in [9.17, 15) is 4.79 Å². The van der Waals surface area contributed by atoms with Crippen molar-refractivity contribution in [1.82, 2.24) is 14.9 Å². The quantitative estimate of drug-likeness (QED) is 0.734. The van der Waals surface area contributed by atoms with Gasteiger partial charge in [-0.1, -0.05) is 34.6 Å². The van der Waals surface area contributed by atoms with Gasteiger partial charge in [-0.05, 0) is 31.2 Å². The number of hydrogen-bond acceptors (Lipinski definition) is 3. The fourth-order valence-corrected chi connectivity index (χ4v) is 2.75. The molecule has 1 N–H and O–H groups in total. The molecule has 118 valence electrons. The minimum absolute atomic E-state index is 0.265. The van der Waals surface area contributed by atoms with Crippen LogP contribution in [0, 0.1) is 0 Å². The lowest BCUT2D eigenvalue weighted by Gasteiger charge is -2.15. The Labute approximate surface area is 142 Å². The first kappa shape index (κ1) is 15.6. The third kappa shape index (κ3) is 3.22. The minimum Gasteiger partial charge on any atom is -0.459 e. The molecule has 0 radical (unpaired) electrons. The van der Waals surface area contributed by atoms with Crippen molar-refractivity contribution in [3.05, 3.63) is 65.3 Å². The van der Waals surface area contributed by atoms with Gasteiger partial charge in [0, 0.05) is 4.48 Å². The number of benzene rings is 1. The second kappa shape index (κ2) is 6.42. The predicted molar refractivity (Wildman–Crippen MR) is 92.4 cm³/mol. The normalized spacial score (nSPS) is 12.3. The smallest absolute Gasteiger partial charge is 0.287 e. The van der Waals surface area contributed by atoms with Crippen molar-refractivity contribution >= 4 is 32.9 Å². The highest BCUT2D eigenvalue weighted by Crippen LogP contribution is 2.23. The van der Waals surface area contributed by atoms with Crippen molar-refractivity contribution < 1.29 is 9.21 Å².